The molecule has 0 bridgehead atoms. The predicted molar refractivity (Wildman–Crippen MR) is 74.6 cm³/mol. The van der Waals surface area contributed by atoms with Gasteiger partial charge < -0.3 is 9.47 Å². The molecule has 0 spiro atoms. The van der Waals surface area contributed by atoms with E-state index in [0.29, 0.717) is 13.2 Å². The Hall–Kier alpha value is -1.54. The number of hydrogen-bond acceptors (Lipinski definition) is 8. The summed E-state index contributed by atoms with van der Waals surface area (Å²) in [6, 6.07) is 0. The molecule has 1 aliphatic rings. The standard InChI is InChI=1S/C12H12N4O2S2/c1-3-17-7-5-13-15-11-9(7)19-12-10(20-11)8(18-4-2)6-14-16-12/h5-6H,3-4H2,1-2H3. The molecular weight excluding hydrogens is 296 g/mol. The molecule has 1 aliphatic heterocycles. The summed E-state index contributed by atoms with van der Waals surface area (Å²) in [4.78, 5) is 1.87. The van der Waals surface area contributed by atoms with Crippen molar-refractivity contribution in [1.82, 2.24) is 20.4 Å². The van der Waals surface area contributed by atoms with Gasteiger partial charge in [-0.2, -0.15) is 10.2 Å². The van der Waals surface area contributed by atoms with E-state index in [1.807, 2.05) is 13.8 Å². The highest BCUT2D eigenvalue weighted by atomic mass is 32.2. The zero-order valence-electron chi connectivity index (χ0n) is 11.0. The Morgan fingerprint density at radius 3 is 1.70 bits per heavy atom. The van der Waals surface area contributed by atoms with Crippen molar-refractivity contribution in [3.05, 3.63) is 12.4 Å². The van der Waals surface area contributed by atoms with Gasteiger partial charge in [0.1, 0.15) is 10.1 Å². The van der Waals surface area contributed by atoms with Crippen molar-refractivity contribution in [3.63, 3.8) is 0 Å². The molecule has 0 radical (unpaired) electrons. The monoisotopic (exact) mass is 308 g/mol. The molecule has 0 amide bonds. The second-order valence-electron chi connectivity index (χ2n) is 3.76. The van der Waals surface area contributed by atoms with Crippen LogP contribution in [0.3, 0.4) is 0 Å². The molecule has 3 rings (SSSR count). The van der Waals surface area contributed by atoms with Gasteiger partial charge in [-0.25, -0.2) is 0 Å². The van der Waals surface area contributed by atoms with Crippen molar-refractivity contribution >= 4 is 23.5 Å². The molecule has 2 aromatic rings. The summed E-state index contributed by atoms with van der Waals surface area (Å²) >= 11 is 2.97. The highest BCUT2D eigenvalue weighted by Crippen LogP contribution is 2.52. The first-order chi connectivity index (χ1) is 9.83. The number of hydrogen-bond donors (Lipinski definition) is 0. The fourth-order valence-corrected chi connectivity index (χ4v) is 3.85. The Kier molecular flexibility index (Phi) is 3.93. The maximum atomic E-state index is 5.58. The Morgan fingerprint density at radius 2 is 1.30 bits per heavy atom. The van der Waals surface area contributed by atoms with Crippen molar-refractivity contribution in [2.45, 2.75) is 33.7 Å². The zero-order valence-corrected chi connectivity index (χ0v) is 12.6. The highest BCUT2D eigenvalue weighted by molar-refractivity contribution is 8.05. The summed E-state index contributed by atoms with van der Waals surface area (Å²) in [5, 5.41) is 17.9. The summed E-state index contributed by atoms with van der Waals surface area (Å²) in [6.45, 7) is 5.05. The Balaban J connectivity index is 2.02. The van der Waals surface area contributed by atoms with Crippen molar-refractivity contribution < 1.29 is 9.47 Å². The summed E-state index contributed by atoms with van der Waals surface area (Å²) in [6.07, 6.45) is 3.25. The third-order valence-electron chi connectivity index (χ3n) is 2.48. The fourth-order valence-electron chi connectivity index (χ4n) is 1.72. The van der Waals surface area contributed by atoms with Gasteiger partial charge in [-0.1, -0.05) is 23.5 Å². The van der Waals surface area contributed by atoms with Gasteiger partial charge in [0.25, 0.3) is 0 Å². The molecule has 0 atom stereocenters. The quantitative estimate of drug-likeness (QED) is 0.728. The number of ether oxygens (including phenoxy) is 2. The van der Waals surface area contributed by atoms with Gasteiger partial charge in [-0.05, 0) is 13.8 Å². The zero-order chi connectivity index (χ0) is 13.9. The van der Waals surface area contributed by atoms with Crippen LogP contribution in [0.15, 0.2) is 32.2 Å². The van der Waals surface area contributed by atoms with Crippen LogP contribution < -0.4 is 9.47 Å². The van der Waals surface area contributed by atoms with Crippen LogP contribution in [0.2, 0.25) is 0 Å². The molecule has 20 heavy (non-hydrogen) atoms. The summed E-state index contributed by atoms with van der Waals surface area (Å²) in [5.74, 6) is 1.45. The first kappa shape index (κ1) is 13.4. The largest absolute Gasteiger partial charge is 0.491 e. The molecule has 8 heteroatoms. The lowest BCUT2D eigenvalue weighted by molar-refractivity contribution is 0.324. The van der Waals surface area contributed by atoms with E-state index in [2.05, 4.69) is 20.4 Å². The average molecular weight is 308 g/mol. The van der Waals surface area contributed by atoms with Gasteiger partial charge in [0.05, 0.1) is 35.4 Å². The Labute approximate surface area is 124 Å². The fraction of sp³-hybridized carbons (Fsp3) is 0.333. The first-order valence-corrected chi connectivity index (χ1v) is 7.79. The molecule has 104 valence electrons. The number of aromatic nitrogens is 4. The lowest BCUT2D eigenvalue weighted by Gasteiger charge is -2.19. The van der Waals surface area contributed by atoms with Crippen LogP contribution >= 0.6 is 23.5 Å². The maximum absolute atomic E-state index is 5.58. The lowest BCUT2D eigenvalue weighted by Crippen LogP contribution is -2.04. The molecule has 0 saturated heterocycles. The highest BCUT2D eigenvalue weighted by Gasteiger charge is 2.26. The minimum absolute atomic E-state index is 0.584. The Bertz CT molecular complexity index is 583. The molecule has 0 aliphatic carbocycles. The van der Waals surface area contributed by atoms with Crippen molar-refractivity contribution in [1.29, 1.82) is 0 Å². The summed E-state index contributed by atoms with van der Waals surface area (Å²) in [5.41, 5.74) is 0. The van der Waals surface area contributed by atoms with Crippen molar-refractivity contribution in [2.75, 3.05) is 13.2 Å². The molecule has 0 fully saturated rings. The molecule has 0 unspecified atom stereocenters. The third-order valence-corrected chi connectivity index (χ3v) is 4.89. The molecule has 0 saturated carbocycles. The molecule has 0 N–H and O–H groups in total. The van der Waals surface area contributed by atoms with Crippen molar-refractivity contribution in [2.24, 2.45) is 0 Å². The van der Waals surface area contributed by atoms with E-state index in [1.54, 1.807) is 12.4 Å². The van der Waals surface area contributed by atoms with Gasteiger partial charge in [-0.15, -0.1) is 10.2 Å². The first-order valence-electron chi connectivity index (χ1n) is 6.16. The van der Waals surface area contributed by atoms with Crippen molar-refractivity contribution in [3.8, 4) is 11.5 Å². The van der Waals surface area contributed by atoms with Crippen LogP contribution in [0, 0.1) is 0 Å². The van der Waals surface area contributed by atoms with Crippen LogP contribution in [-0.2, 0) is 0 Å². The van der Waals surface area contributed by atoms with Gasteiger partial charge in [0, 0.05) is 0 Å². The molecular formula is C12H12N4O2S2. The van der Waals surface area contributed by atoms with E-state index in [1.165, 1.54) is 23.5 Å². The smallest absolute Gasteiger partial charge is 0.156 e. The maximum Gasteiger partial charge on any atom is 0.156 e. The SMILES string of the molecule is CCOc1cnnc2c1Sc1nncc(OCC)c1S2. The third kappa shape index (κ3) is 2.40. The average Bonchev–Trinajstić information content (AvgIpc) is 2.47. The minimum atomic E-state index is 0.584. The number of nitrogens with zero attached hydrogens (tertiary/aromatic N) is 4. The topological polar surface area (TPSA) is 70.0 Å². The van der Waals surface area contributed by atoms with E-state index < -0.39 is 0 Å². The summed E-state index contributed by atoms with van der Waals surface area (Å²) in [7, 11) is 0. The van der Waals surface area contributed by atoms with E-state index in [4.69, 9.17) is 9.47 Å². The molecule has 0 aromatic carbocycles. The summed E-state index contributed by atoms with van der Waals surface area (Å²) < 4.78 is 11.2. The van der Waals surface area contributed by atoms with Gasteiger partial charge in [0.15, 0.2) is 11.5 Å². The molecule has 6 nitrogen and oxygen atoms in total. The number of fused-ring (bicyclic) bond motifs is 2. The van der Waals surface area contributed by atoms with Crippen LogP contribution in [0.25, 0.3) is 0 Å². The van der Waals surface area contributed by atoms with E-state index in [0.717, 1.165) is 31.3 Å². The minimum Gasteiger partial charge on any atom is -0.491 e. The van der Waals surface area contributed by atoms with Crippen LogP contribution in [0.5, 0.6) is 11.5 Å². The van der Waals surface area contributed by atoms with E-state index in [-0.39, 0.29) is 0 Å². The van der Waals surface area contributed by atoms with E-state index >= 15 is 0 Å². The number of rotatable bonds is 4. The van der Waals surface area contributed by atoms with Gasteiger partial charge >= 0.3 is 0 Å². The predicted octanol–water partition coefficient (Wildman–Crippen LogP) is 2.68. The van der Waals surface area contributed by atoms with Crippen LogP contribution in [0.1, 0.15) is 13.8 Å². The van der Waals surface area contributed by atoms with Crippen LogP contribution in [0.4, 0.5) is 0 Å². The van der Waals surface area contributed by atoms with Crippen LogP contribution in [-0.4, -0.2) is 33.6 Å². The second-order valence-corrected chi connectivity index (χ2v) is 5.75. The molecule has 2 aromatic heterocycles. The second kappa shape index (κ2) is 5.84. The normalized spacial score (nSPS) is 12.5. The Morgan fingerprint density at radius 1 is 0.850 bits per heavy atom. The van der Waals surface area contributed by atoms with E-state index in [9.17, 15) is 0 Å². The van der Waals surface area contributed by atoms with Gasteiger partial charge in [-0.3, -0.25) is 0 Å². The van der Waals surface area contributed by atoms with Gasteiger partial charge in [0.2, 0.25) is 0 Å². The molecule has 3 heterocycles. The lowest BCUT2D eigenvalue weighted by atomic mass is 10.5.